The Morgan fingerprint density at radius 1 is 1.31 bits per heavy atom. The molecule has 172 valence electrons. The maximum absolute atomic E-state index is 13.7. The number of ether oxygens (including phenoxy) is 2. The largest absolute Gasteiger partial charge is 0.468 e. The average molecular weight is 528 g/mol. The number of esters is 1. The Bertz CT molecular complexity index is 1170. The van der Waals surface area contributed by atoms with E-state index in [1.807, 2.05) is 0 Å². The van der Waals surface area contributed by atoms with Crippen molar-refractivity contribution >= 4 is 34.7 Å². The van der Waals surface area contributed by atoms with Crippen LogP contribution in [0.3, 0.4) is 0 Å². The molecule has 0 saturated carbocycles. The van der Waals surface area contributed by atoms with Crippen molar-refractivity contribution in [2.75, 3.05) is 13.7 Å². The van der Waals surface area contributed by atoms with Gasteiger partial charge in [-0.3, -0.25) is 23.7 Å². The molecular weight excluding hydrogens is 505 g/mol. The van der Waals surface area contributed by atoms with Gasteiger partial charge in [-0.05, 0) is 44.2 Å². The van der Waals surface area contributed by atoms with Gasteiger partial charge >= 0.3 is 19.2 Å². The number of aromatic nitrogens is 2. The fourth-order valence-corrected chi connectivity index (χ4v) is 5.15. The number of hydrogen-bond donors (Lipinski definition) is 2. The van der Waals surface area contributed by atoms with Crippen molar-refractivity contribution in [1.29, 1.82) is 0 Å². The molecule has 4 unspecified atom stereocenters. The van der Waals surface area contributed by atoms with Crippen LogP contribution in [0.1, 0.15) is 18.7 Å². The quantitative estimate of drug-likeness (QED) is 0.301. The SMILES string of the molecule is COC(=O)C(C)NP(=O)(OCC1C=CC(n2cc(C)c(=O)[nH]c2=O)O1)c1ccc(Br)cc1. The summed E-state index contributed by atoms with van der Waals surface area (Å²) in [5.41, 5.74) is -0.706. The van der Waals surface area contributed by atoms with Crippen LogP contribution in [0, 0.1) is 6.92 Å². The summed E-state index contributed by atoms with van der Waals surface area (Å²) >= 11 is 3.33. The minimum absolute atomic E-state index is 0.113. The molecule has 0 fully saturated rings. The lowest BCUT2D eigenvalue weighted by Crippen LogP contribution is -2.37. The Morgan fingerprint density at radius 3 is 2.66 bits per heavy atom. The minimum atomic E-state index is -3.68. The van der Waals surface area contributed by atoms with Gasteiger partial charge in [0.1, 0.15) is 12.1 Å². The highest BCUT2D eigenvalue weighted by Crippen LogP contribution is 2.43. The molecule has 0 bridgehead atoms. The lowest BCUT2D eigenvalue weighted by atomic mass is 10.3. The fourth-order valence-electron chi connectivity index (χ4n) is 3.00. The Morgan fingerprint density at radius 2 is 2.00 bits per heavy atom. The summed E-state index contributed by atoms with van der Waals surface area (Å²) in [7, 11) is -2.44. The van der Waals surface area contributed by atoms with Gasteiger partial charge in [0.05, 0.1) is 19.0 Å². The number of carbonyl (C=O) groups is 1. The molecule has 4 atom stereocenters. The van der Waals surface area contributed by atoms with Crippen molar-refractivity contribution < 1.29 is 23.4 Å². The molecular formula is C20H23BrN3O7P. The van der Waals surface area contributed by atoms with Crippen molar-refractivity contribution in [2.24, 2.45) is 0 Å². The number of rotatable bonds is 8. The number of nitrogens with zero attached hydrogens (tertiary/aromatic N) is 1. The molecule has 2 aromatic rings. The molecule has 0 spiro atoms. The van der Waals surface area contributed by atoms with Crippen LogP contribution in [0.15, 0.2) is 56.7 Å². The molecule has 3 rings (SSSR count). The molecule has 32 heavy (non-hydrogen) atoms. The Kier molecular flexibility index (Phi) is 7.68. The molecule has 0 radical (unpaired) electrons. The van der Waals surface area contributed by atoms with Crippen molar-refractivity contribution in [3.05, 3.63) is 73.5 Å². The first kappa shape index (κ1) is 24.3. The highest BCUT2D eigenvalue weighted by molar-refractivity contribution is 9.10. The molecule has 2 heterocycles. The van der Waals surface area contributed by atoms with Crippen LogP contribution < -0.4 is 21.6 Å². The third-order valence-electron chi connectivity index (χ3n) is 4.73. The molecule has 1 aromatic carbocycles. The molecule has 2 N–H and O–H groups in total. The number of aromatic amines is 1. The number of carbonyl (C=O) groups excluding carboxylic acids is 1. The first-order valence-electron chi connectivity index (χ1n) is 9.65. The van der Waals surface area contributed by atoms with Crippen LogP contribution >= 0.6 is 23.4 Å². The molecule has 0 amide bonds. The zero-order chi connectivity index (χ0) is 23.5. The summed E-state index contributed by atoms with van der Waals surface area (Å²) in [6, 6.07) is 5.79. The monoisotopic (exact) mass is 527 g/mol. The molecule has 10 nitrogen and oxygen atoms in total. The summed E-state index contributed by atoms with van der Waals surface area (Å²) in [6.07, 6.45) is 3.36. The second-order valence-corrected chi connectivity index (χ2v) is 10.2. The zero-order valence-electron chi connectivity index (χ0n) is 17.6. The van der Waals surface area contributed by atoms with Crippen LogP contribution in [0.2, 0.25) is 0 Å². The molecule has 0 saturated heterocycles. The van der Waals surface area contributed by atoms with Crippen molar-refractivity contribution in [1.82, 2.24) is 14.6 Å². The van der Waals surface area contributed by atoms with Gasteiger partial charge in [-0.15, -0.1) is 0 Å². The van der Waals surface area contributed by atoms with E-state index in [9.17, 15) is 18.9 Å². The van der Waals surface area contributed by atoms with Crippen LogP contribution in [0.5, 0.6) is 0 Å². The van der Waals surface area contributed by atoms with Gasteiger partial charge in [-0.2, -0.15) is 0 Å². The molecule has 1 aromatic heterocycles. The molecule has 1 aliphatic rings. The van der Waals surface area contributed by atoms with Crippen LogP contribution in [0.25, 0.3) is 0 Å². The van der Waals surface area contributed by atoms with E-state index in [-0.39, 0.29) is 6.61 Å². The van der Waals surface area contributed by atoms with E-state index in [0.29, 0.717) is 10.9 Å². The van der Waals surface area contributed by atoms with E-state index in [4.69, 9.17) is 14.0 Å². The summed E-state index contributed by atoms with van der Waals surface area (Å²) in [5, 5.41) is 3.10. The van der Waals surface area contributed by atoms with E-state index in [2.05, 4.69) is 26.0 Å². The van der Waals surface area contributed by atoms with Gasteiger partial charge in [0.2, 0.25) is 0 Å². The Balaban J connectivity index is 1.75. The number of hydrogen-bond acceptors (Lipinski definition) is 7. The standard InChI is InChI=1S/C20H23BrN3O7P/c1-12-10-24(20(27)22-18(12)25)17-9-6-15(31-17)11-30-32(28,23-13(2)19(26)29-3)16-7-4-14(21)5-8-16/h4-10,13,15,17H,11H2,1-3H3,(H,23,28)(H,22,25,27). The molecule has 1 aliphatic heterocycles. The topological polar surface area (TPSA) is 129 Å². The first-order chi connectivity index (χ1) is 15.1. The number of aryl methyl sites for hydroxylation is 1. The van der Waals surface area contributed by atoms with Crippen molar-refractivity contribution in [3.63, 3.8) is 0 Å². The second kappa shape index (κ2) is 10.1. The van der Waals surface area contributed by atoms with Crippen LogP contribution in [0.4, 0.5) is 0 Å². The van der Waals surface area contributed by atoms with E-state index >= 15 is 0 Å². The van der Waals surface area contributed by atoms with E-state index in [1.54, 1.807) is 43.3 Å². The fraction of sp³-hybridized carbons (Fsp3) is 0.350. The lowest BCUT2D eigenvalue weighted by molar-refractivity contribution is -0.142. The van der Waals surface area contributed by atoms with Gasteiger partial charge in [-0.1, -0.05) is 22.0 Å². The van der Waals surface area contributed by atoms with Gasteiger partial charge in [0, 0.05) is 16.2 Å². The van der Waals surface area contributed by atoms with Crippen molar-refractivity contribution in [2.45, 2.75) is 32.2 Å². The average Bonchev–Trinajstić information content (AvgIpc) is 3.23. The highest BCUT2D eigenvalue weighted by atomic mass is 79.9. The Labute approximate surface area is 192 Å². The molecule has 12 heteroatoms. The summed E-state index contributed by atoms with van der Waals surface area (Å²) in [5.74, 6) is -0.587. The van der Waals surface area contributed by atoms with Crippen LogP contribution in [-0.2, 0) is 23.4 Å². The van der Waals surface area contributed by atoms with E-state index < -0.39 is 43.1 Å². The zero-order valence-corrected chi connectivity index (χ0v) is 20.1. The lowest BCUT2D eigenvalue weighted by Gasteiger charge is -2.24. The number of benzene rings is 1. The van der Waals surface area contributed by atoms with Crippen LogP contribution in [-0.4, -0.2) is 41.4 Å². The first-order valence-corrected chi connectivity index (χ1v) is 12.1. The van der Waals surface area contributed by atoms with Crippen molar-refractivity contribution in [3.8, 4) is 0 Å². The van der Waals surface area contributed by atoms with E-state index in [0.717, 1.165) is 4.47 Å². The smallest absolute Gasteiger partial charge is 0.330 e. The van der Waals surface area contributed by atoms with Gasteiger partial charge in [0.15, 0.2) is 6.23 Å². The predicted octanol–water partition coefficient (Wildman–Crippen LogP) is 1.75. The number of methoxy groups -OCH3 is 1. The highest BCUT2D eigenvalue weighted by Gasteiger charge is 2.33. The predicted molar refractivity (Wildman–Crippen MR) is 121 cm³/mol. The third kappa shape index (κ3) is 5.54. The molecule has 0 aliphatic carbocycles. The third-order valence-corrected chi connectivity index (χ3v) is 7.48. The van der Waals surface area contributed by atoms with E-state index in [1.165, 1.54) is 24.8 Å². The minimum Gasteiger partial charge on any atom is -0.468 e. The number of halogens is 1. The number of H-pyrrole nitrogens is 1. The maximum Gasteiger partial charge on any atom is 0.330 e. The summed E-state index contributed by atoms with van der Waals surface area (Å²) in [4.78, 5) is 37.7. The second-order valence-electron chi connectivity index (χ2n) is 7.13. The normalized spacial score (nSPS) is 20.6. The Hall–Kier alpha value is -2.30. The number of nitrogens with one attached hydrogen (secondary N) is 2. The maximum atomic E-state index is 13.7. The summed E-state index contributed by atoms with van der Waals surface area (Å²) in [6.45, 7) is 2.99. The van der Waals surface area contributed by atoms with Gasteiger partial charge in [-0.25, -0.2) is 9.88 Å². The van der Waals surface area contributed by atoms with Gasteiger partial charge < -0.3 is 14.0 Å². The summed E-state index contributed by atoms with van der Waals surface area (Å²) < 4.78 is 32.0. The van der Waals surface area contributed by atoms with Gasteiger partial charge in [0.25, 0.3) is 5.56 Å².